The molecule has 0 aliphatic rings. The summed E-state index contributed by atoms with van der Waals surface area (Å²) in [6, 6.07) is 9.16. The molecule has 0 amide bonds. The second-order valence-electron chi connectivity index (χ2n) is 7.18. The zero-order valence-corrected chi connectivity index (χ0v) is 17.4. The topological polar surface area (TPSA) is 101 Å². The van der Waals surface area contributed by atoms with Crippen LogP contribution in [-0.4, -0.2) is 28.0 Å². The third kappa shape index (κ3) is 5.14. The van der Waals surface area contributed by atoms with Crippen LogP contribution in [0, 0.1) is 29.3 Å². The van der Waals surface area contributed by atoms with Crippen LogP contribution in [0.1, 0.15) is 22.4 Å². The lowest BCUT2D eigenvalue weighted by Gasteiger charge is -2.37. The van der Waals surface area contributed by atoms with Crippen molar-refractivity contribution >= 4 is 6.34 Å². The SMILES string of the molecule is N/N=C\N(N)CC(O)(c1cc(F)ccc1F)C(F)(F)c1ccc(C#Cc2ccc(F)cc2)cn1. The van der Waals surface area contributed by atoms with E-state index in [2.05, 4.69) is 21.9 Å². The Kier molecular flexibility index (Phi) is 7.14. The fraction of sp³-hybridized carbons (Fsp3) is 0.130. The molecule has 0 saturated carbocycles. The minimum absolute atomic E-state index is 0.236. The van der Waals surface area contributed by atoms with Gasteiger partial charge < -0.3 is 10.9 Å². The number of benzene rings is 2. The lowest BCUT2D eigenvalue weighted by atomic mass is 9.84. The van der Waals surface area contributed by atoms with Crippen molar-refractivity contribution in [3.05, 3.63) is 101 Å². The van der Waals surface area contributed by atoms with Gasteiger partial charge in [0.1, 0.15) is 29.5 Å². The smallest absolute Gasteiger partial charge is 0.323 e. The molecule has 2 aromatic carbocycles. The highest BCUT2D eigenvalue weighted by Gasteiger charge is 2.58. The molecule has 11 heteroatoms. The number of alkyl halides is 2. The van der Waals surface area contributed by atoms with E-state index < -0.39 is 46.8 Å². The van der Waals surface area contributed by atoms with E-state index in [1.807, 2.05) is 0 Å². The first-order chi connectivity index (χ1) is 16.1. The molecule has 0 spiro atoms. The van der Waals surface area contributed by atoms with Crippen LogP contribution < -0.4 is 11.7 Å². The number of pyridine rings is 1. The van der Waals surface area contributed by atoms with Crippen LogP contribution in [0.15, 0.2) is 65.9 Å². The van der Waals surface area contributed by atoms with Gasteiger partial charge in [-0.1, -0.05) is 11.8 Å². The van der Waals surface area contributed by atoms with Gasteiger partial charge in [0.2, 0.25) is 0 Å². The van der Waals surface area contributed by atoms with Gasteiger partial charge >= 0.3 is 5.92 Å². The maximum atomic E-state index is 15.6. The first kappa shape index (κ1) is 24.6. The van der Waals surface area contributed by atoms with Crippen LogP contribution in [0.25, 0.3) is 0 Å². The van der Waals surface area contributed by atoms with Crippen LogP contribution in [0.2, 0.25) is 0 Å². The molecule has 176 valence electrons. The lowest BCUT2D eigenvalue weighted by molar-refractivity contribution is -0.203. The molecule has 0 aliphatic carbocycles. The number of aromatic nitrogens is 1. The second kappa shape index (κ2) is 9.86. The molecule has 0 aliphatic heterocycles. The summed E-state index contributed by atoms with van der Waals surface area (Å²) in [6.07, 6.45) is 1.74. The number of nitrogens with two attached hydrogens (primary N) is 2. The molecule has 5 N–H and O–H groups in total. The van der Waals surface area contributed by atoms with E-state index in [1.54, 1.807) is 0 Å². The first-order valence-corrected chi connectivity index (χ1v) is 9.61. The summed E-state index contributed by atoms with van der Waals surface area (Å²) in [4.78, 5) is 3.67. The van der Waals surface area contributed by atoms with E-state index in [0.717, 1.165) is 18.6 Å². The van der Waals surface area contributed by atoms with Crippen molar-refractivity contribution in [2.45, 2.75) is 11.5 Å². The van der Waals surface area contributed by atoms with E-state index in [-0.39, 0.29) is 5.56 Å². The van der Waals surface area contributed by atoms with E-state index in [1.165, 1.54) is 30.3 Å². The number of halogens is 5. The van der Waals surface area contributed by atoms with Crippen molar-refractivity contribution in [1.29, 1.82) is 0 Å². The monoisotopic (exact) mass is 475 g/mol. The molecule has 1 heterocycles. The van der Waals surface area contributed by atoms with Crippen molar-refractivity contribution < 1.29 is 27.1 Å². The predicted molar refractivity (Wildman–Crippen MR) is 114 cm³/mol. The van der Waals surface area contributed by atoms with Gasteiger partial charge in [-0.3, -0.25) is 9.99 Å². The second-order valence-corrected chi connectivity index (χ2v) is 7.18. The third-order valence-corrected chi connectivity index (χ3v) is 4.80. The third-order valence-electron chi connectivity index (χ3n) is 4.80. The highest BCUT2D eigenvalue weighted by molar-refractivity contribution is 5.54. The maximum Gasteiger partial charge on any atom is 0.323 e. The average Bonchev–Trinajstić information content (AvgIpc) is 2.80. The van der Waals surface area contributed by atoms with E-state index >= 15 is 8.78 Å². The molecule has 0 fully saturated rings. The van der Waals surface area contributed by atoms with Crippen molar-refractivity contribution in [2.75, 3.05) is 6.54 Å². The molecular formula is C23H18F5N5O. The minimum atomic E-state index is -4.26. The molecule has 0 radical (unpaired) electrons. The minimum Gasteiger partial charge on any atom is -0.377 e. The molecule has 3 rings (SSSR count). The quantitative estimate of drug-likeness (QED) is 0.127. The number of hydrogen-bond acceptors (Lipinski definition) is 5. The van der Waals surface area contributed by atoms with Crippen LogP contribution in [0.4, 0.5) is 22.0 Å². The number of hydrogen-bond donors (Lipinski definition) is 3. The highest BCUT2D eigenvalue weighted by atomic mass is 19.3. The number of hydrazine groups is 1. The number of aliphatic hydroxyl groups is 1. The van der Waals surface area contributed by atoms with E-state index in [0.29, 0.717) is 28.8 Å². The van der Waals surface area contributed by atoms with Crippen LogP contribution >= 0.6 is 0 Å². The zero-order chi connectivity index (χ0) is 24.9. The largest absolute Gasteiger partial charge is 0.377 e. The standard InChI is InChI=1S/C23H18F5N5O/c24-17-6-3-15(4-7-17)1-2-16-5-10-21(31-12-16)23(27,28)22(34,13-33(30)14-32-29)19-11-18(25)8-9-20(19)26/h3-12,14,34H,13,29-30H2/b32-14-. The molecule has 1 unspecified atom stereocenters. The van der Waals surface area contributed by atoms with E-state index in [4.69, 9.17) is 11.7 Å². The van der Waals surface area contributed by atoms with Gasteiger partial charge in [0.25, 0.3) is 0 Å². The normalized spacial score (nSPS) is 13.3. The molecule has 0 bridgehead atoms. The zero-order valence-electron chi connectivity index (χ0n) is 17.4. The summed E-state index contributed by atoms with van der Waals surface area (Å²) < 4.78 is 72.4. The van der Waals surface area contributed by atoms with Gasteiger partial charge in [0.15, 0.2) is 5.60 Å². The Morgan fingerprint density at radius 2 is 1.59 bits per heavy atom. The van der Waals surface area contributed by atoms with Gasteiger partial charge in [0.05, 0.1) is 6.54 Å². The Hall–Kier alpha value is -4.01. The van der Waals surface area contributed by atoms with Gasteiger partial charge in [-0.25, -0.2) is 19.0 Å². The molecule has 6 nitrogen and oxygen atoms in total. The van der Waals surface area contributed by atoms with Crippen molar-refractivity contribution in [3.63, 3.8) is 0 Å². The summed E-state index contributed by atoms with van der Waals surface area (Å²) in [6.45, 7) is -1.12. The highest BCUT2D eigenvalue weighted by Crippen LogP contribution is 2.46. The Bertz CT molecular complexity index is 1240. The Morgan fingerprint density at radius 1 is 0.971 bits per heavy atom. The molecule has 1 atom stereocenters. The molecule has 34 heavy (non-hydrogen) atoms. The van der Waals surface area contributed by atoms with Gasteiger partial charge in [-0.05, 0) is 54.6 Å². The van der Waals surface area contributed by atoms with Crippen LogP contribution in [0.3, 0.4) is 0 Å². The first-order valence-electron chi connectivity index (χ1n) is 9.61. The fourth-order valence-corrected chi connectivity index (χ4v) is 3.10. The molecule has 0 saturated heterocycles. The number of rotatable bonds is 6. The van der Waals surface area contributed by atoms with Crippen LogP contribution in [-0.2, 0) is 11.5 Å². The van der Waals surface area contributed by atoms with Crippen LogP contribution in [0.5, 0.6) is 0 Å². The lowest BCUT2D eigenvalue weighted by Crippen LogP contribution is -2.54. The van der Waals surface area contributed by atoms with Crippen molar-refractivity contribution in [2.24, 2.45) is 16.8 Å². The van der Waals surface area contributed by atoms with Crippen molar-refractivity contribution in [1.82, 2.24) is 9.99 Å². The van der Waals surface area contributed by atoms with E-state index in [9.17, 15) is 18.3 Å². The molecular weight excluding hydrogens is 457 g/mol. The van der Waals surface area contributed by atoms with Gasteiger partial charge in [0, 0.05) is 22.9 Å². The number of nitrogens with zero attached hydrogens (tertiary/aromatic N) is 3. The maximum absolute atomic E-state index is 15.6. The average molecular weight is 475 g/mol. The Balaban J connectivity index is 2.00. The summed E-state index contributed by atoms with van der Waals surface area (Å²) in [5.41, 5.74) is -4.65. The Morgan fingerprint density at radius 3 is 2.21 bits per heavy atom. The van der Waals surface area contributed by atoms with Gasteiger partial charge in [-0.2, -0.15) is 13.9 Å². The van der Waals surface area contributed by atoms with Crippen molar-refractivity contribution in [3.8, 4) is 11.8 Å². The summed E-state index contributed by atoms with van der Waals surface area (Å²) in [7, 11) is 0. The fourth-order valence-electron chi connectivity index (χ4n) is 3.10. The molecule has 3 aromatic rings. The Labute approximate surface area is 191 Å². The summed E-state index contributed by atoms with van der Waals surface area (Å²) >= 11 is 0. The van der Waals surface area contributed by atoms with Gasteiger partial charge in [-0.15, -0.1) is 0 Å². The summed E-state index contributed by atoms with van der Waals surface area (Å²) in [5, 5.41) is 14.6. The summed E-state index contributed by atoms with van der Waals surface area (Å²) in [5.74, 6) is 8.86. The predicted octanol–water partition coefficient (Wildman–Crippen LogP) is 2.96. The number of hydrazone groups is 1. The molecule has 1 aromatic heterocycles.